The minimum atomic E-state index is -1.36. The maximum atomic E-state index is 16.3. The number of piperidine rings is 1. The van der Waals surface area contributed by atoms with E-state index in [0.717, 1.165) is 49.8 Å². The van der Waals surface area contributed by atoms with Crippen LogP contribution in [0.1, 0.15) is 132 Å². The fourth-order valence-corrected chi connectivity index (χ4v) is 11.5. The molecule has 13 nitrogen and oxygen atoms in total. The normalized spacial score (nSPS) is 22.9. The number of anilines is 3. The molecule has 1 aliphatic carbocycles. The second-order valence-electron chi connectivity index (χ2n) is 17.9. The predicted octanol–water partition coefficient (Wildman–Crippen LogP) is 8.46. The van der Waals surface area contributed by atoms with E-state index < -0.39 is 64.3 Å². The zero-order valence-electron chi connectivity index (χ0n) is 36.1. The van der Waals surface area contributed by atoms with Crippen molar-refractivity contribution in [3.8, 4) is 0 Å². The lowest BCUT2D eigenvalue weighted by Crippen LogP contribution is -2.60. The molecule has 2 saturated heterocycles. The van der Waals surface area contributed by atoms with Crippen LogP contribution < -0.4 is 26.6 Å². The number of hydrogen-bond acceptors (Lipinski definition) is 9. The molecule has 4 aliphatic heterocycles. The number of benzene rings is 4. The maximum absolute atomic E-state index is 16.3. The topological polar surface area (TPSA) is 183 Å². The van der Waals surface area contributed by atoms with Crippen molar-refractivity contribution in [1.82, 2.24) is 15.5 Å². The van der Waals surface area contributed by atoms with Gasteiger partial charge in [-0.05, 0) is 97.8 Å². The molecule has 4 heterocycles. The number of rotatable bonds is 14. The first-order valence-corrected chi connectivity index (χ1v) is 23.5. The fraction of sp³-hybridized carbons (Fsp3) is 0.380. The highest BCUT2D eigenvalue weighted by Gasteiger charge is 2.72. The van der Waals surface area contributed by atoms with Crippen molar-refractivity contribution < 1.29 is 38.0 Å². The summed E-state index contributed by atoms with van der Waals surface area (Å²) in [5.41, 5.74) is 1.06. The van der Waals surface area contributed by atoms with Crippen molar-refractivity contribution in [1.29, 1.82) is 0 Å². The molecule has 4 atom stereocenters. The van der Waals surface area contributed by atoms with Gasteiger partial charge in [0.15, 0.2) is 5.78 Å². The van der Waals surface area contributed by atoms with Gasteiger partial charge < -0.3 is 16.0 Å². The predicted molar refractivity (Wildman–Crippen MR) is 247 cm³/mol. The van der Waals surface area contributed by atoms with Crippen LogP contribution in [0.15, 0.2) is 78.9 Å². The highest BCUT2D eigenvalue weighted by atomic mass is 35.5. The maximum Gasteiger partial charge on any atom is 0.264 e. The van der Waals surface area contributed by atoms with Crippen LogP contribution in [0.2, 0.25) is 10.0 Å². The van der Waals surface area contributed by atoms with Crippen molar-refractivity contribution in [3.05, 3.63) is 123 Å². The first-order valence-electron chi connectivity index (χ1n) is 22.7. The molecule has 16 heteroatoms. The van der Waals surface area contributed by atoms with E-state index >= 15 is 4.39 Å². The zero-order chi connectivity index (χ0) is 46.3. The minimum Gasteiger partial charge on any atom is -0.384 e. The summed E-state index contributed by atoms with van der Waals surface area (Å²) in [4.78, 5) is 93.9. The van der Waals surface area contributed by atoms with Crippen molar-refractivity contribution in [2.75, 3.05) is 22.5 Å². The zero-order valence-corrected chi connectivity index (χ0v) is 37.6. The van der Waals surface area contributed by atoms with Crippen LogP contribution in [0.4, 0.5) is 21.5 Å². The number of halogens is 3. The Morgan fingerprint density at radius 3 is 2.33 bits per heavy atom. The Hall–Kier alpha value is -5.96. The van der Waals surface area contributed by atoms with Gasteiger partial charge in [-0.1, -0.05) is 86.0 Å². The summed E-state index contributed by atoms with van der Waals surface area (Å²) in [6, 6.07) is 19.5. The number of nitrogens with zero attached hydrogens (tertiary/aromatic N) is 1. The SMILES string of the molecule is O=C1CCC(N2C(=O)c3cccc(NCCCCCCCC(=O)c4ccc(NC(=O)[C@@H]5NC6(CCCCC6)[C@@]6(C(=O)Nc7cc(Cl)ccc76)[C@H]5c5cccc(Cl)c5F)cc4)c3C2=O)C(=O)N1. The number of ketones is 1. The van der Waals surface area contributed by atoms with Crippen LogP contribution in [-0.2, 0) is 24.6 Å². The smallest absolute Gasteiger partial charge is 0.264 e. The molecule has 0 aromatic heterocycles. The number of unbranched alkanes of at least 4 members (excludes halogenated alkanes) is 4. The van der Waals surface area contributed by atoms with Crippen molar-refractivity contribution in [2.24, 2.45) is 0 Å². The van der Waals surface area contributed by atoms with Gasteiger partial charge in [0, 0.05) is 58.5 Å². The lowest BCUT2D eigenvalue weighted by atomic mass is 9.55. The largest absolute Gasteiger partial charge is 0.384 e. The molecule has 6 amide bonds. The molecule has 1 saturated carbocycles. The number of amides is 6. The Morgan fingerprint density at radius 1 is 0.818 bits per heavy atom. The second-order valence-corrected chi connectivity index (χ2v) is 18.8. The minimum absolute atomic E-state index is 0.0285. The summed E-state index contributed by atoms with van der Waals surface area (Å²) in [5.74, 6) is -4.64. The van der Waals surface area contributed by atoms with Gasteiger partial charge in [0.05, 0.1) is 22.2 Å². The molecule has 3 fully saturated rings. The third kappa shape index (κ3) is 7.86. The van der Waals surface area contributed by atoms with Crippen LogP contribution >= 0.6 is 23.2 Å². The number of imide groups is 2. The molecular weight excluding hydrogens is 886 g/mol. The summed E-state index contributed by atoms with van der Waals surface area (Å²) in [6.07, 6.45) is 8.33. The van der Waals surface area contributed by atoms with E-state index in [0.29, 0.717) is 65.4 Å². The second kappa shape index (κ2) is 18.4. The molecular formula is C50H49Cl2FN6O7. The Bertz CT molecular complexity index is 2670. The molecule has 9 rings (SSSR count). The van der Waals surface area contributed by atoms with Gasteiger partial charge in [-0.2, -0.15) is 0 Å². The van der Waals surface area contributed by atoms with Gasteiger partial charge in [-0.3, -0.25) is 49.1 Å². The van der Waals surface area contributed by atoms with Gasteiger partial charge >= 0.3 is 0 Å². The van der Waals surface area contributed by atoms with Crippen LogP contribution in [-0.4, -0.2) is 70.3 Å². The van der Waals surface area contributed by atoms with E-state index in [2.05, 4.69) is 26.6 Å². The summed E-state index contributed by atoms with van der Waals surface area (Å²) < 4.78 is 16.3. The highest BCUT2D eigenvalue weighted by Crippen LogP contribution is 2.63. The standard InChI is InChI=1S/C50H49Cl2FN6O7/c51-29-18-21-33-36(27-29)56-48(66)50(33)41(32-12-9-13-34(52)42(32)53)43(58-49(50)24-6-4-7-25-49)45(63)55-30-19-16-28(17-20-30)38(60)15-5-2-1-3-8-26-54-35-14-10-11-31-40(35)47(65)59(46(31)64)37-22-23-39(61)57-44(37)62/h9-14,16-21,27,37,41,43,54,58H,1-8,15,22-26H2,(H,55,63)(H,56,66)(H,57,61,62)/t37?,41-,43+,50+/m0/s1. The van der Waals surface area contributed by atoms with Gasteiger partial charge in [-0.15, -0.1) is 0 Å². The molecule has 5 N–H and O–H groups in total. The van der Waals surface area contributed by atoms with Crippen LogP contribution in [0.5, 0.6) is 0 Å². The van der Waals surface area contributed by atoms with Crippen LogP contribution in [0.25, 0.3) is 0 Å². The Balaban J connectivity index is 0.795. The molecule has 5 aliphatic rings. The van der Waals surface area contributed by atoms with E-state index in [1.54, 1.807) is 66.7 Å². The summed E-state index contributed by atoms with van der Waals surface area (Å²) >= 11 is 12.8. The Kier molecular flexibility index (Phi) is 12.6. The first-order chi connectivity index (χ1) is 31.8. The number of nitrogens with one attached hydrogen (secondary N) is 5. The quantitative estimate of drug-likeness (QED) is 0.0471. The first kappa shape index (κ1) is 45.2. The summed E-state index contributed by atoms with van der Waals surface area (Å²) in [6.45, 7) is 0.549. The van der Waals surface area contributed by atoms with Crippen molar-refractivity contribution in [2.45, 2.75) is 112 Å². The van der Waals surface area contributed by atoms with E-state index in [-0.39, 0.29) is 46.2 Å². The van der Waals surface area contributed by atoms with E-state index in [1.165, 1.54) is 6.07 Å². The van der Waals surface area contributed by atoms with Crippen LogP contribution in [0.3, 0.4) is 0 Å². The number of carbonyl (C=O) groups excluding carboxylic acids is 7. The molecule has 66 heavy (non-hydrogen) atoms. The average molecular weight is 936 g/mol. The molecule has 342 valence electrons. The molecule has 0 radical (unpaired) electrons. The van der Waals surface area contributed by atoms with Gasteiger partial charge in [-0.25, -0.2) is 4.39 Å². The number of fused-ring (bicyclic) bond motifs is 4. The lowest BCUT2D eigenvalue weighted by molar-refractivity contribution is -0.136. The van der Waals surface area contributed by atoms with E-state index in [4.69, 9.17) is 23.2 Å². The Labute approximate surface area is 390 Å². The lowest BCUT2D eigenvalue weighted by Gasteiger charge is -2.47. The molecule has 4 aromatic rings. The highest BCUT2D eigenvalue weighted by molar-refractivity contribution is 6.31. The average Bonchev–Trinajstić information content (AvgIpc) is 3.86. The number of hydrogen-bond donors (Lipinski definition) is 5. The van der Waals surface area contributed by atoms with Gasteiger partial charge in [0.25, 0.3) is 11.8 Å². The van der Waals surface area contributed by atoms with E-state index in [1.807, 2.05) is 6.07 Å². The molecule has 4 aromatic carbocycles. The number of carbonyl (C=O) groups is 7. The third-order valence-electron chi connectivity index (χ3n) is 14.1. The Morgan fingerprint density at radius 2 is 1.56 bits per heavy atom. The molecule has 0 bridgehead atoms. The third-order valence-corrected chi connectivity index (χ3v) is 14.7. The molecule has 2 spiro atoms. The number of Topliss-reactive ketones (excluding diaryl/α,β-unsaturated/α-hetero) is 1. The van der Waals surface area contributed by atoms with E-state index in [9.17, 15) is 33.6 Å². The molecule has 1 unspecified atom stereocenters. The fourth-order valence-electron chi connectivity index (χ4n) is 11.1. The summed E-state index contributed by atoms with van der Waals surface area (Å²) in [7, 11) is 0. The van der Waals surface area contributed by atoms with Gasteiger partial charge in [0.1, 0.15) is 17.3 Å². The monoisotopic (exact) mass is 934 g/mol. The summed E-state index contributed by atoms with van der Waals surface area (Å²) in [5, 5.41) is 15.5. The van der Waals surface area contributed by atoms with Crippen molar-refractivity contribution >= 4 is 81.5 Å². The van der Waals surface area contributed by atoms with Crippen LogP contribution in [0, 0.1) is 5.82 Å². The van der Waals surface area contributed by atoms with Crippen molar-refractivity contribution in [3.63, 3.8) is 0 Å². The van der Waals surface area contributed by atoms with Gasteiger partial charge in [0.2, 0.25) is 23.6 Å².